The third-order valence-electron chi connectivity index (χ3n) is 3.08. The maximum Gasteiger partial charge on any atom is 0.181 e. The summed E-state index contributed by atoms with van der Waals surface area (Å²) in [5.41, 5.74) is 0.445. The lowest BCUT2D eigenvalue weighted by molar-refractivity contribution is 0.297. The Hall–Kier alpha value is -2.92. The number of nitrogens with one attached hydrogen (secondary N) is 1. The van der Waals surface area contributed by atoms with Gasteiger partial charge in [-0.25, -0.2) is 14.1 Å². The largest absolute Gasteiger partial charge is 0.282 e. The van der Waals surface area contributed by atoms with E-state index < -0.39 is 11.7 Å². The maximum absolute atomic E-state index is 13.2. The first kappa shape index (κ1) is 16.0. The van der Waals surface area contributed by atoms with Crippen LogP contribution in [0, 0.1) is 11.2 Å². The average molecular weight is 353 g/mol. The predicted molar refractivity (Wildman–Crippen MR) is 78.3 cm³/mol. The number of amidine groups is 1. The van der Waals surface area contributed by atoms with Crippen LogP contribution in [0.1, 0.15) is 11.4 Å². The summed E-state index contributed by atoms with van der Waals surface area (Å²) in [4.78, 5) is 1.33. The van der Waals surface area contributed by atoms with Crippen molar-refractivity contribution < 1.29 is 14.2 Å². The van der Waals surface area contributed by atoms with Crippen molar-refractivity contribution in [1.29, 1.82) is 5.41 Å². The molecule has 0 spiro atoms. The molecule has 0 bridgehead atoms. The number of aromatic nitrogens is 6. The third kappa shape index (κ3) is 3.21. The van der Waals surface area contributed by atoms with Crippen LogP contribution in [0.2, 0.25) is 5.02 Å². The highest BCUT2D eigenvalue weighted by atomic mass is 35.5. The lowest BCUT2D eigenvalue weighted by Crippen LogP contribution is -2.28. The molecule has 0 saturated carbocycles. The van der Waals surface area contributed by atoms with Crippen molar-refractivity contribution in [2.75, 3.05) is 5.06 Å². The van der Waals surface area contributed by atoms with Gasteiger partial charge in [-0.2, -0.15) is 4.80 Å². The molecule has 0 unspecified atom stereocenters. The zero-order valence-electron chi connectivity index (χ0n) is 12.0. The van der Waals surface area contributed by atoms with E-state index in [0.717, 1.165) is 6.07 Å². The molecule has 0 fully saturated rings. The second-order valence-electron chi connectivity index (χ2n) is 4.60. The first-order valence-corrected chi connectivity index (χ1v) is 6.99. The molecule has 0 atom stereocenters. The smallest absolute Gasteiger partial charge is 0.181 e. The van der Waals surface area contributed by atoms with Crippen LogP contribution in [-0.2, 0) is 13.0 Å². The first-order valence-electron chi connectivity index (χ1n) is 6.61. The van der Waals surface area contributed by atoms with Gasteiger partial charge in [-0.3, -0.25) is 10.6 Å². The summed E-state index contributed by atoms with van der Waals surface area (Å²) >= 11 is 5.67. The van der Waals surface area contributed by atoms with Gasteiger partial charge in [0.05, 0.1) is 17.3 Å². The highest BCUT2D eigenvalue weighted by Crippen LogP contribution is 2.23. The lowest BCUT2D eigenvalue weighted by Gasteiger charge is -2.16. The summed E-state index contributed by atoms with van der Waals surface area (Å²) in [6, 6.07) is 3.52. The van der Waals surface area contributed by atoms with Crippen LogP contribution in [0.25, 0.3) is 0 Å². The molecule has 12 heteroatoms. The summed E-state index contributed by atoms with van der Waals surface area (Å²) in [6.45, 7) is 0.336. The predicted octanol–water partition coefficient (Wildman–Crippen LogP) is 1.31. The molecule has 2 aromatic heterocycles. The summed E-state index contributed by atoms with van der Waals surface area (Å²) in [5.74, 6) is -1.04. The summed E-state index contributed by atoms with van der Waals surface area (Å²) in [6.07, 6.45) is 1.59. The van der Waals surface area contributed by atoms with E-state index in [1.165, 1.54) is 23.3 Å². The summed E-state index contributed by atoms with van der Waals surface area (Å²) < 4.78 is 17.8. The van der Waals surface area contributed by atoms with Crippen LogP contribution in [0.15, 0.2) is 29.2 Å². The van der Waals surface area contributed by atoms with Crippen LogP contribution in [0.3, 0.4) is 0 Å². The number of tetrazole rings is 1. The Kier molecular flexibility index (Phi) is 4.44. The van der Waals surface area contributed by atoms with Gasteiger partial charge < -0.3 is 0 Å². The fourth-order valence-electron chi connectivity index (χ4n) is 1.89. The number of halogens is 2. The molecule has 2 heterocycles. The molecule has 3 aromatic rings. The Morgan fingerprint density at radius 3 is 2.96 bits per heavy atom. The van der Waals surface area contributed by atoms with Gasteiger partial charge >= 0.3 is 0 Å². The number of hydroxylamine groups is 1. The molecule has 2 N–H and O–H groups in total. The molecular formula is C12H10ClFN8O2. The standard InChI is InChI=1S/C12H10ClFN8O2/c13-8-5-7(1-2-9(8)14)22(23)12(15)11-10(18-24-19-11)3-4-21-17-6-16-20-21/h1-2,5-6,15,23H,3-4H2. The minimum atomic E-state index is -0.635. The molecule has 24 heavy (non-hydrogen) atoms. The SMILES string of the molecule is N=C(c1nonc1CCn1ncnn1)N(O)c1ccc(F)c(Cl)c1. The van der Waals surface area contributed by atoms with Gasteiger partial charge in [-0.1, -0.05) is 16.8 Å². The minimum Gasteiger partial charge on any atom is -0.282 e. The zero-order chi connectivity index (χ0) is 17.1. The van der Waals surface area contributed by atoms with Crippen molar-refractivity contribution in [2.45, 2.75) is 13.0 Å². The van der Waals surface area contributed by atoms with Crippen LogP contribution in [-0.4, -0.2) is 41.6 Å². The number of nitrogens with zero attached hydrogens (tertiary/aromatic N) is 7. The minimum absolute atomic E-state index is 0.0260. The number of hydrogen-bond donors (Lipinski definition) is 2. The van der Waals surface area contributed by atoms with Gasteiger partial charge in [-0.05, 0) is 28.6 Å². The summed E-state index contributed by atoms with van der Waals surface area (Å²) in [7, 11) is 0. The van der Waals surface area contributed by atoms with Crippen LogP contribution < -0.4 is 5.06 Å². The number of rotatable bonds is 5. The van der Waals surface area contributed by atoms with Gasteiger partial charge in [0.2, 0.25) is 0 Å². The van der Waals surface area contributed by atoms with Crippen LogP contribution >= 0.6 is 11.6 Å². The molecule has 0 aliphatic carbocycles. The van der Waals surface area contributed by atoms with Gasteiger partial charge in [0.1, 0.15) is 11.5 Å². The van der Waals surface area contributed by atoms with Crippen molar-refractivity contribution in [2.24, 2.45) is 0 Å². The number of benzene rings is 1. The Morgan fingerprint density at radius 1 is 1.42 bits per heavy atom. The Labute approximate surface area is 138 Å². The Bertz CT molecular complexity index is 853. The van der Waals surface area contributed by atoms with Gasteiger partial charge in [0.25, 0.3) is 0 Å². The van der Waals surface area contributed by atoms with Crippen LogP contribution in [0.5, 0.6) is 0 Å². The van der Waals surface area contributed by atoms with E-state index in [4.69, 9.17) is 17.0 Å². The molecule has 0 saturated heterocycles. The zero-order valence-corrected chi connectivity index (χ0v) is 12.7. The van der Waals surface area contributed by atoms with E-state index >= 15 is 0 Å². The normalized spacial score (nSPS) is 10.8. The molecule has 0 aliphatic heterocycles. The molecule has 0 radical (unpaired) electrons. The van der Waals surface area contributed by atoms with Crippen molar-refractivity contribution in [3.63, 3.8) is 0 Å². The number of hydrogen-bond acceptors (Lipinski definition) is 8. The maximum atomic E-state index is 13.2. The Balaban J connectivity index is 1.77. The van der Waals surface area contributed by atoms with E-state index in [9.17, 15) is 9.60 Å². The molecule has 124 valence electrons. The quantitative estimate of drug-likeness (QED) is 0.399. The first-order chi connectivity index (χ1) is 11.6. The molecular weight excluding hydrogens is 343 g/mol. The number of anilines is 1. The van der Waals surface area contributed by atoms with E-state index in [-0.39, 0.29) is 16.4 Å². The molecule has 3 rings (SSSR count). The molecule has 10 nitrogen and oxygen atoms in total. The van der Waals surface area contributed by atoms with Crippen molar-refractivity contribution in [3.05, 3.63) is 46.8 Å². The van der Waals surface area contributed by atoms with Gasteiger partial charge in [0, 0.05) is 6.42 Å². The highest BCUT2D eigenvalue weighted by Gasteiger charge is 2.21. The highest BCUT2D eigenvalue weighted by molar-refractivity contribution is 6.31. The molecule has 0 aliphatic rings. The monoisotopic (exact) mass is 352 g/mol. The second-order valence-corrected chi connectivity index (χ2v) is 5.01. The van der Waals surface area contributed by atoms with E-state index in [2.05, 4.69) is 30.4 Å². The third-order valence-corrected chi connectivity index (χ3v) is 3.37. The fourth-order valence-corrected chi connectivity index (χ4v) is 2.07. The van der Waals surface area contributed by atoms with E-state index in [1.54, 1.807) is 0 Å². The van der Waals surface area contributed by atoms with Gasteiger partial charge in [-0.15, -0.1) is 10.2 Å². The van der Waals surface area contributed by atoms with Crippen molar-refractivity contribution in [1.82, 2.24) is 30.5 Å². The van der Waals surface area contributed by atoms with Gasteiger partial charge in [0.15, 0.2) is 17.9 Å². The van der Waals surface area contributed by atoms with Crippen molar-refractivity contribution >= 4 is 23.1 Å². The van der Waals surface area contributed by atoms with E-state index in [0.29, 0.717) is 23.7 Å². The average Bonchev–Trinajstić information content (AvgIpc) is 3.25. The second kappa shape index (κ2) is 6.68. The molecule has 0 amide bonds. The summed E-state index contributed by atoms with van der Waals surface area (Å²) in [5, 5.41) is 36.9. The lowest BCUT2D eigenvalue weighted by atomic mass is 10.2. The van der Waals surface area contributed by atoms with Crippen molar-refractivity contribution in [3.8, 4) is 0 Å². The van der Waals surface area contributed by atoms with E-state index in [1.807, 2.05) is 0 Å². The Morgan fingerprint density at radius 2 is 2.25 bits per heavy atom. The van der Waals surface area contributed by atoms with Crippen LogP contribution in [0.4, 0.5) is 10.1 Å². The topological polar surface area (TPSA) is 130 Å². The number of aryl methyl sites for hydroxylation is 2. The fraction of sp³-hybridized carbons (Fsp3) is 0.167. The molecule has 1 aromatic carbocycles.